The Morgan fingerprint density at radius 3 is 2.00 bits per heavy atom. The van der Waals surface area contributed by atoms with Gasteiger partial charge in [0.2, 0.25) is 5.91 Å². The van der Waals surface area contributed by atoms with Gasteiger partial charge >= 0.3 is 6.03 Å². The van der Waals surface area contributed by atoms with E-state index in [1.54, 1.807) is 6.92 Å². The summed E-state index contributed by atoms with van der Waals surface area (Å²) < 4.78 is 0. The van der Waals surface area contributed by atoms with Gasteiger partial charge in [0.25, 0.3) is 0 Å². The van der Waals surface area contributed by atoms with Crippen LogP contribution in [0.3, 0.4) is 0 Å². The van der Waals surface area contributed by atoms with Crippen LogP contribution < -0.4 is 16.0 Å². The minimum absolute atomic E-state index is 0.381. The third kappa shape index (κ3) is 5.95. The monoisotopic (exact) mass is 339 g/mol. The first-order chi connectivity index (χ1) is 11.7. The fourth-order valence-corrected chi connectivity index (χ4v) is 2.30. The van der Waals surface area contributed by atoms with Crippen molar-refractivity contribution in [1.82, 2.24) is 10.6 Å². The molecule has 5 nitrogen and oxygen atoms in total. The van der Waals surface area contributed by atoms with Crippen LogP contribution in [0, 0.1) is 0 Å². The van der Waals surface area contributed by atoms with Gasteiger partial charge in [0.15, 0.2) is 0 Å². The van der Waals surface area contributed by atoms with Crippen molar-refractivity contribution in [2.24, 2.45) is 0 Å². The Labute approximate surface area is 148 Å². The van der Waals surface area contributed by atoms with Crippen LogP contribution in [0.15, 0.2) is 54.6 Å². The number of hydrogen-bond donors (Lipinski definition) is 3. The average Bonchev–Trinajstić information content (AvgIpc) is 2.54. The minimum atomic E-state index is -0.534. The summed E-state index contributed by atoms with van der Waals surface area (Å²) in [7, 11) is 0. The maximum absolute atomic E-state index is 12.1. The van der Waals surface area contributed by atoms with E-state index in [1.165, 1.54) is 0 Å². The molecule has 2 aromatic rings. The van der Waals surface area contributed by atoms with Gasteiger partial charge in [-0.1, -0.05) is 42.5 Å². The molecular weight excluding hydrogens is 314 g/mol. The summed E-state index contributed by atoms with van der Waals surface area (Å²) in [4.78, 5) is 23.9. The highest BCUT2D eigenvalue weighted by Crippen LogP contribution is 2.21. The number of carbonyl (C=O) groups excluding carboxylic acids is 2. The lowest BCUT2D eigenvalue weighted by atomic mass is 10.1. The van der Waals surface area contributed by atoms with E-state index in [4.69, 9.17) is 0 Å². The summed E-state index contributed by atoms with van der Waals surface area (Å²) in [6, 6.07) is 16.9. The lowest BCUT2D eigenvalue weighted by Crippen LogP contribution is -2.51. The van der Waals surface area contributed by atoms with Gasteiger partial charge < -0.3 is 10.6 Å². The highest BCUT2D eigenvalue weighted by Gasteiger charge is 2.19. The standard InChI is InChI=1S/C20H25N3O2/c1-14(18(24)22-19(25)23-20(2,3)4)21-17-12-10-16(11-13-17)15-8-6-5-7-9-15/h5-14,21H,1-4H3,(H2,22,23,24,25). The van der Waals surface area contributed by atoms with Gasteiger partial charge in [-0.15, -0.1) is 0 Å². The largest absolute Gasteiger partial charge is 0.374 e. The smallest absolute Gasteiger partial charge is 0.321 e. The van der Waals surface area contributed by atoms with Gasteiger partial charge in [-0.2, -0.15) is 0 Å². The van der Waals surface area contributed by atoms with E-state index in [0.717, 1.165) is 16.8 Å². The summed E-state index contributed by atoms with van der Waals surface area (Å²) in [6.07, 6.45) is 0. The molecule has 0 aliphatic carbocycles. The van der Waals surface area contributed by atoms with Crippen molar-refractivity contribution >= 4 is 17.6 Å². The number of hydrogen-bond acceptors (Lipinski definition) is 3. The molecule has 0 radical (unpaired) electrons. The molecule has 0 saturated carbocycles. The van der Waals surface area contributed by atoms with Crippen LogP contribution in [0.5, 0.6) is 0 Å². The van der Waals surface area contributed by atoms with Crippen LogP contribution in [0.4, 0.5) is 10.5 Å². The molecule has 0 spiro atoms. The summed E-state index contributed by atoms with van der Waals surface area (Å²) in [6.45, 7) is 7.28. The number of nitrogens with one attached hydrogen (secondary N) is 3. The van der Waals surface area contributed by atoms with E-state index < -0.39 is 17.6 Å². The molecule has 0 fully saturated rings. The van der Waals surface area contributed by atoms with Gasteiger partial charge in [-0.3, -0.25) is 10.1 Å². The zero-order valence-electron chi connectivity index (χ0n) is 15.1. The molecule has 132 valence electrons. The number of benzene rings is 2. The Morgan fingerprint density at radius 1 is 0.880 bits per heavy atom. The van der Waals surface area contributed by atoms with Crippen molar-refractivity contribution in [2.45, 2.75) is 39.3 Å². The molecule has 0 aromatic heterocycles. The lowest BCUT2D eigenvalue weighted by Gasteiger charge is -2.21. The van der Waals surface area contributed by atoms with Gasteiger partial charge in [-0.25, -0.2) is 4.79 Å². The summed E-state index contributed by atoms with van der Waals surface area (Å²) in [5.74, 6) is -0.381. The fourth-order valence-electron chi connectivity index (χ4n) is 2.30. The van der Waals surface area contributed by atoms with Crippen molar-refractivity contribution in [1.29, 1.82) is 0 Å². The molecule has 1 unspecified atom stereocenters. The first-order valence-electron chi connectivity index (χ1n) is 8.29. The SMILES string of the molecule is CC(Nc1ccc(-c2ccccc2)cc1)C(=O)NC(=O)NC(C)(C)C. The molecule has 1 atom stereocenters. The Hall–Kier alpha value is -2.82. The highest BCUT2D eigenvalue weighted by molar-refractivity contribution is 5.98. The predicted octanol–water partition coefficient (Wildman–Crippen LogP) is 3.78. The fraction of sp³-hybridized carbons (Fsp3) is 0.300. The van der Waals surface area contributed by atoms with E-state index in [1.807, 2.05) is 75.4 Å². The van der Waals surface area contributed by atoms with Crippen molar-refractivity contribution in [3.05, 3.63) is 54.6 Å². The summed E-state index contributed by atoms with van der Waals surface area (Å²) >= 11 is 0. The van der Waals surface area contributed by atoms with Gasteiger partial charge in [0.1, 0.15) is 6.04 Å². The zero-order valence-corrected chi connectivity index (χ0v) is 15.1. The van der Waals surface area contributed by atoms with E-state index >= 15 is 0 Å². The van der Waals surface area contributed by atoms with Crippen LogP contribution in [0.25, 0.3) is 11.1 Å². The molecule has 3 N–H and O–H groups in total. The second-order valence-electron chi connectivity index (χ2n) is 7.00. The van der Waals surface area contributed by atoms with Gasteiger partial charge in [-0.05, 0) is 51.0 Å². The second kappa shape index (κ2) is 7.83. The molecule has 2 aromatic carbocycles. The number of anilines is 1. The lowest BCUT2D eigenvalue weighted by molar-refractivity contribution is -0.120. The molecule has 0 aliphatic heterocycles. The molecule has 25 heavy (non-hydrogen) atoms. The topological polar surface area (TPSA) is 70.2 Å². The average molecular weight is 339 g/mol. The quantitative estimate of drug-likeness (QED) is 0.794. The summed E-state index contributed by atoms with van der Waals surface area (Å²) in [5.41, 5.74) is 2.67. The maximum Gasteiger partial charge on any atom is 0.321 e. The second-order valence-corrected chi connectivity index (χ2v) is 7.00. The molecular formula is C20H25N3O2. The summed E-state index contributed by atoms with van der Waals surface area (Å²) in [5, 5.41) is 8.13. The van der Waals surface area contributed by atoms with Crippen LogP contribution in [-0.2, 0) is 4.79 Å². The minimum Gasteiger partial charge on any atom is -0.374 e. The maximum atomic E-state index is 12.1. The van der Waals surface area contributed by atoms with Crippen molar-refractivity contribution in [3.8, 4) is 11.1 Å². The number of urea groups is 1. The van der Waals surface area contributed by atoms with E-state index in [9.17, 15) is 9.59 Å². The molecule has 2 rings (SSSR count). The molecule has 3 amide bonds. The van der Waals surface area contributed by atoms with Crippen molar-refractivity contribution < 1.29 is 9.59 Å². The number of carbonyl (C=O) groups is 2. The molecule has 0 bridgehead atoms. The number of imide groups is 1. The third-order valence-corrected chi connectivity index (χ3v) is 3.49. The van der Waals surface area contributed by atoms with Crippen molar-refractivity contribution in [2.75, 3.05) is 5.32 Å². The van der Waals surface area contributed by atoms with Crippen molar-refractivity contribution in [3.63, 3.8) is 0 Å². The van der Waals surface area contributed by atoms with E-state index in [-0.39, 0.29) is 5.91 Å². The van der Waals surface area contributed by atoms with E-state index in [2.05, 4.69) is 16.0 Å². The normalized spacial score (nSPS) is 12.2. The first kappa shape index (κ1) is 18.5. The van der Waals surface area contributed by atoms with Gasteiger partial charge in [0, 0.05) is 11.2 Å². The Balaban J connectivity index is 1.93. The van der Waals surface area contributed by atoms with Gasteiger partial charge in [0.05, 0.1) is 0 Å². The molecule has 0 saturated heterocycles. The van der Waals surface area contributed by atoms with Crippen LogP contribution >= 0.6 is 0 Å². The van der Waals surface area contributed by atoms with E-state index in [0.29, 0.717) is 0 Å². The Morgan fingerprint density at radius 2 is 1.44 bits per heavy atom. The Kier molecular flexibility index (Phi) is 5.80. The van der Waals surface area contributed by atoms with Crippen LogP contribution in [-0.4, -0.2) is 23.5 Å². The molecule has 0 heterocycles. The zero-order chi connectivity index (χ0) is 18.4. The third-order valence-electron chi connectivity index (χ3n) is 3.49. The van der Waals surface area contributed by atoms with Crippen LogP contribution in [0.2, 0.25) is 0 Å². The first-order valence-corrected chi connectivity index (χ1v) is 8.29. The molecule has 0 aliphatic rings. The van der Waals surface area contributed by atoms with Crippen LogP contribution in [0.1, 0.15) is 27.7 Å². The highest BCUT2D eigenvalue weighted by atomic mass is 16.2. The predicted molar refractivity (Wildman–Crippen MR) is 101 cm³/mol. The molecule has 5 heteroatoms. The Bertz CT molecular complexity index is 719. The number of rotatable bonds is 4. The number of amides is 3.